The van der Waals surface area contributed by atoms with Crippen LogP contribution in [0.4, 0.5) is 11.4 Å². The molecule has 1 aliphatic heterocycles. The molecule has 1 heterocycles. The van der Waals surface area contributed by atoms with Crippen LogP contribution in [0.25, 0.3) is 0 Å². The van der Waals surface area contributed by atoms with E-state index < -0.39 is 11.8 Å². The maximum Gasteiger partial charge on any atom is 0.313 e. The van der Waals surface area contributed by atoms with Crippen molar-refractivity contribution in [2.24, 2.45) is 0 Å². The van der Waals surface area contributed by atoms with Gasteiger partial charge >= 0.3 is 11.8 Å². The predicted octanol–water partition coefficient (Wildman–Crippen LogP) is 3.04. The number of rotatable bonds is 5. The number of hydrogen-bond acceptors (Lipinski definition) is 4. The van der Waals surface area contributed by atoms with Crippen molar-refractivity contribution in [1.82, 2.24) is 10.2 Å². The average molecular weight is 409 g/mol. The van der Waals surface area contributed by atoms with Crippen LogP contribution in [0.1, 0.15) is 34.7 Å². The van der Waals surface area contributed by atoms with Crippen molar-refractivity contribution in [2.45, 2.75) is 32.7 Å². The highest BCUT2D eigenvalue weighted by Crippen LogP contribution is 2.30. The molecule has 30 heavy (non-hydrogen) atoms. The molecule has 0 bridgehead atoms. The van der Waals surface area contributed by atoms with Crippen LogP contribution >= 0.6 is 0 Å². The molecule has 2 aromatic rings. The second kappa shape index (κ2) is 9.30. The molecular weight excluding hydrogens is 376 g/mol. The molecule has 1 unspecified atom stereocenters. The quantitative estimate of drug-likeness (QED) is 0.747. The molecule has 160 valence electrons. The SMILES string of the molecule is Cc1cccc(NC(=O)C(=O)NCC(c2ccc3c(c2)CCCN3C)N(C)C)c1C. The average Bonchev–Trinajstić information content (AvgIpc) is 2.71. The molecule has 0 spiro atoms. The Labute approximate surface area is 179 Å². The van der Waals surface area contributed by atoms with Crippen LogP contribution in [0.2, 0.25) is 0 Å². The fourth-order valence-corrected chi connectivity index (χ4v) is 3.95. The van der Waals surface area contributed by atoms with E-state index in [1.54, 1.807) is 6.07 Å². The van der Waals surface area contributed by atoms with Crippen LogP contribution in [0.5, 0.6) is 0 Å². The molecule has 0 aliphatic carbocycles. The Morgan fingerprint density at radius 1 is 1.13 bits per heavy atom. The van der Waals surface area contributed by atoms with Crippen molar-refractivity contribution >= 4 is 23.2 Å². The molecule has 3 rings (SSSR count). The number of anilines is 2. The minimum atomic E-state index is -0.645. The first kappa shape index (κ1) is 21.8. The maximum atomic E-state index is 12.4. The molecule has 2 aromatic carbocycles. The summed E-state index contributed by atoms with van der Waals surface area (Å²) in [6.45, 7) is 5.34. The summed E-state index contributed by atoms with van der Waals surface area (Å²) in [6, 6.07) is 12.1. The lowest BCUT2D eigenvalue weighted by molar-refractivity contribution is -0.136. The third-order valence-electron chi connectivity index (χ3n) is 5.98. The Morgan fingerprint density at radius 3 is 2.63 bits per heavy atom. The summed E-state index contributed by atoms with van der Waals surface area (Å²) in [5.74, 6) is -1.27. The van der Waals surface area contributed by atoms with E-state index in [9.17, 15) is 9.59 Å². The first-order valence-electron chi connectivity index (χ1n) is 10.4. The van der Waals surface area contributed by atoms with Crippen molar-refractivity contribution in [3.05, 3.63) is 58.7 Å². The van der Waals surface area contributed by atoms with Crippen LogP contribution in [-0.2, 0) is 16.0 Å². The van der Waals surface area contributed by atoms with Gasteiger partial charge in [-0.3, -0.25) is 9.59 Å². The Morgan fingerprint density at radius 2 is 1.90 bits per heavy atom. The van der Waals surface area contributed by atoms with Gasteiger partial charge in [0, 0.05) is 31.5 Å². The summed E-state index contributed by atoms with van der Waals surface area (Å²) in [4.78, 5) is 29.2. The Bertz CT molecular complexity index is 939. The lowest BCUT2D eigenvalue weighted by Crippen LogP contribution is -2.40. The van der Waals surface area contributed by atoms with Crippen molar-refractivity contribution in [1.29, 1.82) is 0 Å². The summed E-state index contributed by atoms with van der Waals surface area (Å²) in [5.41, 5.74) is 6.46. The fraction of sp³-hybridized carbons (Fsp3) is 0.417. The second-order valence-corrected chi connectivity index (χ2v) is 8.30. The Balaban J connectivity index is 1.66. The van der Waals surface area contributed by atoms with Crippen molar-refractivity contribution in [3.8, 4) is 0 Å². The monoisotopic (exact) mass is 408 g/mol. The Kier molecular flexibility index (Phi) is 6.77. The molecule has 1 atom stereocenters. The molecular formula is C24H32N4O2. The molecule has 1 aliphatic rings. The second-order valence-electron chi connectivity index (χ2n) is 8.30. The zero-order valence-electron chi connectivity index (χ0n) is 18.6. The van der Waals surface area contributed by atoms with Gasteiger partial charge in [0.2, 0.25) is 0 Å². The third kappa shape index (κ3) is 4.82. The van der Waals surface area contributed by atoms with Crippen LogP contribution in [0.15, 0.2) is 36.4 Å². The van der Waals surface area contributed by atoms with Gasteiger partial charge in [-0.25, -0.2) is 0 Å². The van der Waals surface area contributed by atoms with Gasteiger partial charge in [0.1, 0.15) is 0 Å². The zero-order chi connectivity index (χ0) is 21.8. The number of carbonyl (C=O) groups is 2. The number of aryl methyl sites for hydroxylation is 2. The number of carbonyl (C=O) groups excluding carboxylic acids is 2. The number of likely N-dealkylation sites (N-methyl/N-ethyl adjacent to an activating group) is 1. The van der Waals surface area contributed by atoms with Crippen LogP contribution in [0, 0.1) is 13.8 Å². The van der Waals surface area contributed by atoms with E-state index in [1.807, 2.05) is 40.1 Å². The molecule has 0 saturated carbocycles. The highest BCUT2D eigenvalue weighted by Gasteiger charge is 2.21. The van der Waals surface area contributed by atoms with Gasteiger partial charge in [-0.15, -0.1) is 0 Å². The van der Waals surface area contributed by atoms with Crippen LogP contribution in [0.3, 0.4) is 0 Å². The predicted molar refractivity (Wildman–Crippen MR) is 122 cm³/mol. The first-order chi connectivity index (χ1) is 14.3. The maximum absolute atomic E-state index is 12.4. The van der Waals surface area contributed by atoms with Gasteiger partial charge in [0.15, 0.2) is 0 Å². The Hall–Kier alpha value is -2.86. The third-order valence-corrected chi connectivity index (χ3v) is 5.98. The van der Waals surface area contributed by atoms with E-state index in [0.717, 1.165) is 36.1 Å². The summed E-state index contributed by atoms with van der Waals surface area (Å²) in [7, 11) is 6.09. The smallest absolute Gasteiger partial charge is 0.313 e. The molecule has 0 aromatic heterocycles. The summed E-state index contributed by atoms with van der Waals surface area (Å²) < 4.78 is 0. The van der Waals surface area contributed by atoms with Gasteiger partial charge in [0.25, 0.3) is 0 Å². The lowest BCUT2D eigenvalue weighted by atomic mass is 9.96. The minimum Gasteiger partial charge on any atom is -0.374 e. The number of benzene rings is 2. The fourth-order valence-electron chi connectivity index (χ4n) is 3.95. The summed E-state index contributed by atoms with van der Waals surface area (Å²) in [6.07, 6.45) is 2.22. The minimum absolute atomic E-state index is 0.0139. The zero-order valence-corrected chi connectivity index (χ0v) is 18.6. The van der Waals surface area contributed by atoms with Gasteiger partial charge < -0.3 is 20.4 Å². The molecule has 0 fully saturated rings. The largest absolute Gasteiger partial charge is 0.374 e. The molecule has 6 nitrogen and oxygen atoms in total. The van der Waals surface area contributed by atoms with E-state index in [4.69, 9.17) is 0 Å². The van der Waals surface area contributed by atoms with Crippen LogP contribution < -0.4 is 15.5 Å². The van der Waals surface area contributed by atoms with E-state index >= 15 is 0 Å². The summed E-state index contributed by atoms with van der Waals surface area (Å²) >= 11 is 0. The summed E-state index contributed by atoms with van der Waals surface area (Å²) in [5, 5.41) is 5.52. The highest BCUT2D eigenvalue weighted by molar-refractivity contribution is 6.39. The van der Waals surface area contributed by atoms with Crippen molar-refractivity contribution in [3.63, 3.8) is 0 Å². The standard InChI is InChI=1S/C24H32N4O2/c1-16-8-6-10-20(17(16)2)26-24(30)23(29)25-15-22(27(3)4)19-11-12-21-18(14-19)9-7-13-28(21)5/h6,8,10-12,14,22H,7,9,13,15H2,1-5H3,(H,25,29)(H,26,30). The van der Waals surface area contributed by atoms with Gasteiger partial charge in [-0.1, -0.05) is 24.3 Å². The number of fused-ring (bicyclic) bond motifs is 1. The molecule has 6 heteroatoms. The van der Waals surface area contributed by atoms with Crippen molar-refractivity contribution < 1.29 is 9.59 Å². The normalized spacial score (nSPS) is 14.3. The molecule has 0 radical (unpaired) electrons. The topological polar surface area (TPSA) is 64.7 Å². The number of amides is 2. The molecule has 0 saturated heterocycles. The number of nitrogens with one attached hydrogen (secondary N) is 2. The van der Waals surface area contributed by atoms with Crippen LogP contribution in [-0.4, -0.2) is 50.9 Å². The molecule has 2 amide bonds. The lowest BCUT2D eigenvalue weighted by Gasteiger charge is -2.30. The number of hydrogen-bond donors (Lipinski definition) is 2. The van der Waals surface area contributed by atoms with E-state index in [2.05, 4.69) is 45.7 Å². The highest BCUT2D eigenvalue weighted by atomic mass is 16.2. The molecule has 2 N–H and O–H groups in total. The number of nitrogens with zero attached hydrogens (tertiary/aromatic N) is 2. The van der Waals surface area contributed by atoms with Crippen molar-refractivity contribution in [2.75, 3.05) is 44.4 Å². The van der Waals surface area contributed by atoms with E-state index in [1.165, 1.54) is 11.3 Å². The van der Waals surface area contributed by atoms with E-state index in [0.29, 0.717) is 12.2 Å². The first-order valence-corrected chi connectivity index (χ1v) is 10.4. The van der Waals surface area contributed by atoms with E-state index in [-0.39, 0.29) is 6.04 Å². The van der Waals surface area contributed by atoms with Gasteiger partial charge in [0.05, 0.1) is 6.04 Å². The van der Waals surface area contributed by atoms with Gasteiger partial charge in [-0.2, -0.15) is 0 Å². The van der Waals surface area contributed by atoms with Gasteiger partial charge in [-0.05, 0) is 75.2 Å².